The highest BCUT2D eigenvalue weighted by atomic mass is 35.5. The molecule has 0 saturated heterocycles. The quantitative estimate of drug-likeness (QED) is 0.574. The van der Waals surface area contributed by atoms with E-state index in [1.54, 1.807) is 0 Å². The first-order chi connectivity index (χ1) is 12.3. The fourth-order valence-corrected chi connectivity index (χ4v) is 3.50. The van der Waals surface area contributed by atoms with Crippen molar-refractivity contribution >= 4 is 33.7 Å². The fraction of sp³-hybridized carbons (Fsp3) is 0.176. The van der Waals surface area contributed by atoms with Gasteiger partial charge in [0.15, 0.2) is 0 Å². The van der Waals surface area contributed by atoms with Crippen molar-refractivity contribution in [3.63, 3.8) is 0 Å². The fourth-order valence-electron chi connectivity index (χ4n) is 2.03. The summed E-state index contributed by atoms with van der Waals surface area (Å²) in [5, 5.41) is 3.97. The Labute approximate surface area is 157 Å². The lowest BCUT2D eigenvalue weighted by molar-refractivity contribution is -0.121. The minimum Gasteiger partial charge on any atom is -0.495 e. The molecule has 0 aliphatic heterocycles. The van der Waals surface area contributed by atoms with E-state index in [0.717, 1.165) is 9.87 Å². The second-order valence-corrected chi connectivity index (χ2v) is 7.71. The summed E-state index contributed by atoms with van der Waals surface area (Å²) in [6.07, 6.45) is 1.47. The largest absolute Gasteiger partial charge is 0.495 e. The van der Waals surface area contributed by atoms with E-state index in [1.165, 1.54) is 38.6 Å². The highest BCUT2D eigenvalue weighted by molar-refractivity contribution is 7.89. The maximum absolute atomic E-state index is 12.5. The van der Waals surface area contributed by atoms with Crippen molar-refractivity contribution in [1.82, 2.24) is 9.73 Å². The number of sulfonamides is 1. The van der Waals surface area contributed by atoms with Crippen LogP contribution in [0.1, 0.15) is 5.56 Å². The molecule has 0 radical (unpaired) electrons. The van der Waals surface area contributed by atoms with Crippen LogP contribution in [0.3, 0.4) is 0 Å². The topological polar surface area (TPSA) is 88.1 Å². The molecule has 0 fully saturated rings. The van der Waals surface area contributed by atoms with Crippen LogP contribution < -0.4 is 10.2 Å². The average Bonchev–Trinajstić information content (AvgIpc) is 2.62. The Morgan fingerprint density at radius 2 is 1.96 bits per heavy atom. The van der Waals surface area contributed by atoms with E-state index in [9.17, 15) is 13.2 Å². The summed E-state index contributed by atoms with van der Waals surface area (Å²) in [5.41, 5.74) is 3.10. The summed E-state index contributed by atoms with van der Waals surface area (Å²) in [5.74, 6) is -0.205. The summed E-state index contributed by atoms with van der Waals surface area (Å²) in [6, 6.07) is 13.3. The van der Waals surface area contributed by atoms with E-state index < -0.39 is 22.5 Å². The van der Waals surface area contributed by atoms with E-state index in [1.807, 2.05) is 30.3 Å². The summed E-state index contributed by atoms with van der Waals surface area (Å²) in [4.78, 5) is 11.9. The van der Waals surface area contributed by atoms with E-state index in [0.29, 0.717) is 5.75 Å². The average molecular weight is 396 g/mol. The van der Waals surface area contributed by atoms with Crippen LogP contribution in [0.4, 0.5) is 0 Å². The monoisotopic (exact) mass is 395 g/mol. The lowest BCUT2D eigenvalue weighted by Gasteiger charge is -2.16. The lowest BCUT2D eigenvalue weighted by Crippen LogP contribution is -2.36. The molecule has 1 amide bonds. The molecule has 0 aliphatic rings. The first kappa shape index (κ1) is 19.9. The zero-order valence-electron chi connectivity index (χ0n) is 14.2. The lowest BCUT2D eigenvalue weighted by atomic mass is 10.2. The number of nitrogens with one attached hydrogen (secondary N) is 1. The van der Waals surface area contributed by atoms with Gasteiger partial charge in [0.1, 0.15) is 5.75 Å². The van der Waals surface area contributed by atoms with Gasteiger partial charge in [-0.15, -0.1) is 0 Å². The van der Waals surface area contributed by atoms with Crippen molar-refractivity contribution in [2.24, 2.45) is 5.10 Å². The van der Waals surface area contributed by atoms with E-state index in [-0.39, 0.29) is 9.92 Å². The first-order valence-corrected chi connectivity index (χ1v) is 9.33. The molecule has 138 valence electrons. The van der Waals surface area contributed by atoms with Crippen LogP contribution in [-0.4, -0.2) is 45.5 Å². The van der Waals surface area contributed by atoms with Gasteiger partial charge in [-0.2, -0.15) is 9.41 Å². The Kier molecular flexibility index (Phi) is 6.73. The summed E-state index contributed by atoms with van der Waals surface area (Å²) in [6.45, 7) is -0.391. The van der Waals surface area contributed by atoms with Crippen LogP contribution in [-0.2, 0) is 14.8 Å². The molecule has 0 spiro atoms. The van der Waals surface area contributed by atoms with Gasteiger partial charge in [-0.25, -0.2) is 13.8 Å². The third kappa shape index (κ3) is 5.04. The minimum absolute atomic E-state index is 0.0358. The molecule has 0 atom stereocenters. The number of carbonyl (C=O) groups excluding carboxylic acids is 1. The second kappa shape index (κ2) is 8.79. The Morgan fingerprint density at radius 1 is 1.27 bits per heavy atom. The molecule has 0 heterocycles. The summed E-state index contributed by atoms with van der Waals surface area (Å²) in [7, 11) is -1.15. The minimum atomic E-state index is -3.88. The molecule has 0 bridgehead atoms. The third-order valence-corrected chi connectivity index (χ3v) is 5.49. The summed E-state index contributed by atoms with van der Waals surface area (Å²) < 4.78 is 31.0. The number of benzene rings is 2. The molecule has 2 aromatic rings. The number of hydrogen-bond donors (Lipinski definition) is 1. The van der Waals surface area contributed by atoms with Gasteiger partial charge in [-0.3, -0.25) is 4.79 Å². The molecule has 0 aliphatic carbocycles. The van der Waals surface area contributed by atoms with Gasteiger partial charge in [0.2, 0.25) is 10.0 Å². The van der Waals surface area contributed by atoms with Gasteiger partial charge in [0.05, 0.1) is 29.8 Å². The van der Waals surface area contributed by atoms with E-state index >= 15 is 0 Å². The zero-order valence-corrected chi connectivity index (χ0v) is 15.8. The smallest absolute Gasteiger partial charge is 0.255 e. The number of likely N-dealkylation sites (N-methyl/N-ethyl adjacent to an activating group) is 1. The van der Waals surface area contributed by atoms with Gasteiger partial charge in [-0.05, 0) is 23.8 Å². The Balaban J connectivity index is 2.01. The molecule has 9 heteroatoms. The number of halogens is 1. The number of ether oxygens (including phenoxy) is 1. The standard InChI is InChI=1S/C17H18ClN3O4S/c1-21(12-17(22)20-19-11-13-6-4-3-5-7-13)26(23,24)14-8-9-16(25-2)15(18)10-14/h3-11H,12H2,1-2H3,(H,20,22). The predicted molar refractivity (Wildman–Crippen MR) is 100.0 cm³/mol. The van der Waals surface area contributed by atoms with Crippen LogP contribution in [0, 0.1) is 0 Å². The van der Waals surface area contributed by atoms with Crippen molar-refractivity contribution in [2.45, 2.75) is 4.90 Å². The number of amides is 1. The molecule has 2 aromatic carbocycles. The molecular weight excluding hydrogens is 378 g/mol. The van der Waals surface area contributed by atoms with Crippen molar-refractivity contribution in [2.75, 3.05) is 20.7 Å². The van der Waals surface area contributed by atoms with Crippen LogP contribution in [0.25, 0.3) is 0 Å². The maximum atomic E-state index is 12.5. The number of nitrogens with zero attached hydrogens (tertiary/aromatic N) is 2. The van der Waals surface area contributed by atoms with Crippen molar-refractivity contribution in [3.8, 4) is 5.75 Å². The van der Waals surface area contributed by atoms with Crippen LogP contribution in [0.15, 0.2) is 58.5 Å². The first-order valence-electron chi connectivity index (χ1n) is 7.51. The Bertz CT molecular complexity index is 901. The molecule has 26 heavy (non-hydrogen) atoms. The Morgan fingerprint density at radius 3 is 2.58 bits per heavy atom. The molecular formula is C17H18ClN3O4S. The van der Waals surface area contributed by atoms with E-state index in [2.05, 4.69) is 10.5 Å². The normalized spacial score (nSPS) is 11.7. The van der Waals surface area contributed by atoms with Gasteiger partial charge in [0.25, 0.3) is 5.91 Å². The van der Waals surface area contributed by atoms with Crippen molar-refractivity contribution in [3.05, 3.63) is 59.1 Å². The molecule has 0 aromatic heterocycles. The van der Waals surface area contributed by atoms with Crippen molar-refractivity contribution in [1.29, 1.82) is 0 Å². The van der Waals surface area contributed by atoms with Crippen molar-refractivity contribution < 1.29 is 17.9 Å². The predicted octanol–water partition coefficient (Wildman–Crippen LogP) is 2.12. The number of hydrazone groups is 1. The van der Waals surface area contributed by atoms with Gasteiger partial charge in [-0.1, -0.05) is 41.9 Å². The molecule has 7 nitrogen and oxygen atoms in total. The number of hydrogen-bond acceptors (Lipinski definition) is 5. The molecule has 0 unspecified atom stereocenters. The van der Waals surface area contributed by atoms with Crippen LogP contribution in [0.2, 0.25) is 5.02 Å². The van der Waals surface area contributed by atoms with Crippen LogP contribution in [0.5, 0.6) is 5.75 Å². The number of carbonyl (C=O) groups is 1. The van der Waals surface area contributed by atoms with Gasteiger partial charge >= 0.3 is 0 Å². The highest BCUT2D eigenvalue weighted by Crippen LogP contribution is 2.27. The highest BCUT2D eigenvalue weighted by Gasteiger charge is 2.23. The maximum Gasteiger partial charge on any atom is 0.255 e. The van der Waals surface area contributed by atoms with Gasteiger partial charge in [0, 0.05) is 7.05 Å². The third-order valence-electron chi connectivity index (χ3n) is 3.40. The summed E-state index contributed by atoms with van der Waals surface area (Å²) >= 11 is 5.97. The van der Waals surface area contributed by atoms with Crippen LogP contribution >= 0.6 is 11.6 Å². The zero-order chi connectivity index (χ0) is 19.2. The molecule has 0 saturated carbocycles. The SMILES string of the molecule is COc1ccc(S(=O)(=O)N(C)CC(=O)NN=Cc2ccccc2)cc1Cl. The van der Waals surface area contributed by atoms with E-state index in [4.69, 9.17) is 16.3 Å². The molecule has 1 N–H and O–H groups in total. The molecule has 2 rings (SSSR count). The number of rotatable bonds is 7. The Hall–Kier alpha value is -2.42. The van der Waals surface area contributed by atoms with Gasteiger partial charge < -0.3 is 4.74 Å². The number of methoxy groups -OCH3 is 1. The second-order valence-electron chi connectivity index (χ2n) is 5.26.